The van der Waals surface area contributed by atoms with Crippen LogP contribution in [0.25, 0.3) is 32.8 Å². The molecule has 1 aromatic heterocycles. The third-order valence-corrected chi connectivity index (χ3v) is 7.95. The van der Waals surface area contributed by atoms with Crippen molar-refractivity contribution in [1.29, 1.82) is 0 Å². The molecule has 40 heavy (non-hydrogen) atoms. The van der Waals surface area contributed by atoms with Crippen molar-refractivity contribution in [3.05, 3.63) is 119 Å². The summed E-state index contributed by atoms with van der Waals surface area (Å²) >= 11 is 0. The molecule has 4 aromatic rings. The summed E-state index contributed by atoms with van der Waals surface area (Å²) in [6.45, 7) is 5.68. The number of allylic oxidation sites excluding steroid dienone is 3. The number of hydrogen-bond donors (Lipinski definition) is 0. The van der Waals surface area contributed by atoms with E-state index in [4.69, 9.17) is 9.47 Å². The van der Waals surface area contributed by atoms with Gasteiger partial charge in [0.2, 0.25) is 0 Å². The van der Waals surface area contributed by atoms with E-state index in [1.165, 1.54) is 4.31 Å². The predicted octanol–water partition coefficient (Wildman–Crippen LogP) is 6.21. The summed E-state index contributed by atoms with van der Waals surface area (Å²) in [5, 5.41) is 2.41. The lowest BCUT2D eigenvalue weighted by Crippen LogP contribution is -2.32. The molecule has 0 fully saturated rings. The quantitative estimate of drug-likeness (QED) is 0.161. The smallest absolute Gasteiger partial charge is 0.257 e. The van der Waals surface area contributed by atoms with Gasteiger partial charge in [-0.15, -0.1) is 0 Å². The fourth-order valence-electron chi connectivity index (χ4n) is 4.41. The van der Waals surface area contributed by atoms with Crippen molar-refractivity contribution in [2.75, 3.05) is 31.7 Å². The molecule has 0 unspecified atom stereocenters. The Labute approximate surface area is 234 Å². The highest BCUT2D eigenvalue weighted by molar-refractivity contribution is 7.95. The van der Waals surface area contributed by atoms with E-state index in [9.17, 15) is 13.2 Å². The Balaban J connectivity index is 1.88. The highest BCUT2D eigenvalue weighted by Gasteiger charge is 2.21. The molecule has 0 aliphatic carbocycles. The first kappa shape index (κ1) is 28.7. The maximum Gasteiger partial charge on any atom is 0.257 e. The molecular formula is C32H32N2O5S. The molecule has 0 bridgehead atoms. The second kappa shape index (κ2) is 12.7. The molecule has 4 rings (SSSR count). The number of ether oxygens (including phenoxy) is 2. The Morgan fingerprint density at radius 3 is 2.40 bits per heavy atom. The van der Waals surface area contributed by atoms with Crippen LogP contribution in [0, 0.1) is 0 Å². The largest absolute Gasteiger partial charge is 0.501 e. The molecule has 0 radical (unpaired) electrons. The number of benzene rings is 2. The summed E-state index contributed by atoms with van der Waals surface area (Å²) in [4.78, 5) is 18.4. The molecule has 0 spiro atoms. The summed E-state index contributed by atoms with van der Waals surface area (Å²) in [5.41, 5.74) is 3.12. The van der Waals surface area contributed by atoms with Crippen LogP contribution < -0.4 is 9.73 Å². The third-order valence-electron chi connectivity index (χ3n) is 6.57. The average molecular weight is 557 g/mol. The molecule has 0 saturated carbocycles. The topological polar surface area (TPSA) is 85.8 Å². The van der Waals surface area contributed by atoms with Gasteiger partial charge in [0.05, 0.1) is 37.2 Å². The minimum absolute atomic E-state index is 0.00147. The number of pyridine rings is 1. The summed E-state index contributed by atoms with van der Waals surface area (Å²) in [5.74, 6) is 0.747. The van der Waals surface area contributed by atoms with E-state index < -0.39 is 10.0 Å². The first-order valence-electron chi connectivity index (χ1n) is 12.8. The average Bonchev–Trinajstić information content (AvgIpc) is 3.12. The summed E-state index contributed by atoms with van der Waals surface area (Å²) < 4.78 is 38.3. The molecule has 0 amide bonds. The number of fused-ring (bicyclic) bond motifs is 2. The summed E-state index contributed by atoms with van der Waals surface area (Å²) in [6.07, 6.45) is 6.02. The lowest BCUT2D eigenvalue weighted by atomic mass is 10.1. The van der Waals surface area contributed by atoms with Crippen molar-refractivity contribution in [3.63, 3.8) is 0 Å². The zero-order valence-electron chi connectivity index (χ0n) is 22.8. The van der Waals surface area contributed by atoms with Gasteiger partial charge in [-0.25, -0.2) is 8.42 Å². The van der Waals surface area contributed by atoms with Gasteiger partial charge in [0.25, 0.3) is 10.0 Å². The van der Waals surface area contributed by atoms with Crippen LogP contribution >= 0.6 is 0 Å². The van der Waals surface area contributed by atoms with Gasteiger partial charge in [-0.1, -0.05) is 62.0 Å². The fourth-order valence-corrected chi connectivity index (χ4v) is 5.34. The number of methoxy groups -OCH3 is 2. The zero-order chi connectivity index (χ0) is 28.7. The van der Waals surface area contributed by atoms with Crippen molar-refractivity contribution in [3.8, 4) is 11.1 Å². The molecule has 7 nitrogen and oxygen atoms in total. The van der Waals surface area contributed by atoms with Crippen LogP contribution in [0.3, 0.4) is 0 Å². The SMILES string of the molecule is C=CS(=O)(=O)N(C/C(=C/C=C(\CC)OC)COC)c1ccc2ccc3ncc(-c4ccccc4)cc3c(=O)c2c1. The van der Waals surface area contributed by atoms with Gasteiger partial charge in [-0.05, 0) is 46.9 Å². The monoisotopic (exact) mass is 556 g/mol. The molecule has 0 N–H and O–H groups in total. The molecule has 1 heterocycles. The molecule has 206 valence electrons. The predicted molar refractivity (Wildman–Crippen MR) is 163 cm³/mol. The molecule has 0 aliphatic rings. The molecular weight excluding hydrogens is 524 g/mol. The molecule has 0 atom stereocenters. The summed E-state index contributed by atoms with van der Waals surface area (Å²) in [6, 6.07) is 20.2. The molecule has 3 aromatic carbocycles. The molecule has 0 aliphatic heterocycles. The Morgan fingerprint density at radius 1 is 0.975 bits per heavy atom. The highest BCUT2D eigenvalue weighted by Crippen LogP contribution is 2.27. The van der Waals surface area contributed by atoms with Crippen LogP contribution in [0.15, 0.2) is 113 Å². The molecule has 0 saturated heterocycles. The molecule has 8 heteroatoms. The maximum absolute atomic E-state index is 13.9. The lowest BCUT2D eigenvalue weighted by Gasteiger charge is -2.24. The number of rotatable bonds is 11. The van der Waals surface area contributed by atoms with Gasteiger partial charge in [0.1, 0.15) is 0 Å². The second-order valence-electron chi connectivity index (χ2n) is 9.12. The van der Waals surface area contributed by atoms with Gasteiger partial charge in [-0.3, -0.25) is 14.1 Å². The second-order valence-corrected chi connectivity index (χ2v) is 10.9. The van der Waals surface area contributed by atoms with Crippen molar-refractivity contribution in [2.45, 2.75) is 13.3 Å². The minimum Gasteiger partial charge on any atom is -0.501 e. The van der Waals surface area contributed by atoms with Gasteiger partial charge in [0, 0.05) is 41.5 Å². The highest BCUT2D eigenvalue weighted by atomic mass is 32.2. The van der Waals surface area contributed by atoms with Crippen LogP contribution in [0.2, 0.25) is 0 Å². The van der Waals surface area contributed by atoms with E-state index in [1.807, 2.05) is 49.4 Å². The van der Waals surface area contributed by atoms with Crippen molar-refractivity contribution >= 4 is 37.4 Å². The summed E-state index contributed by atoms with van der Waals surface area (Å²) in [7, 11) is -0.792. The Morgan fingerprint density at radius 2 is 1.73 bits per heavy atom. The van der Waals surface area contributed by atoms with Gasteiger partial charge >= 0.3 is 0 Å². The van der Waals surface area contributed by atoms with E-state index in [0.29, 0.717) is 39.4 Å². The fraction of sp³-hybridized carbons (Fsp3) is 0.188. The van der Waals surface area contributed by atoms with Gasteiger partial charge < -0.3 is 9.47 Å². The first-order valence-corrected chi connectivity index (χ1v) is 14.3. The Kier molecular flexibility index (Phi) is 9.14. The normalized spacial score (nSPS) is 12.5. The first-order chi connectivity index (χ1) is 19.3. The third kappa shape index (κ3) is 6.30. The van der Waals surface area contributed by atoms with E-state index >= 15 is 0 Å². The van der Waals surface area contributed by atoms with Crippen LogP contribution in [0.1, 0.15) is 13.3 Å². The number of nitrogens with zero attached hydrogens (tertiary/aromatic N) is 2. The number of hydrogen-bond acceptors (Lipinski definition) is 6. The number of aromatic nitrogens is 1. The van der Waals surface area contributed by atoms with Crippen molar-refractivity contribution < 1.29 is 17.9 Å². The van der Waals surface area contributed by atoms with E-state index in [0.717, 1.165) is 22.3 Å². The van der Waals surface area contributed by atoms with E-state index in [-0.39, 0.29) is 18.6 Å². The van der Waals surface area contributed by atoms with Crippen molar-refractivity contribution in [2.24, 2.45) is 0 Å². The standard InChI is InChI=1S/C32H32N2O5S/c1-5-28(39-4)16-12-23(22-38-3)21-34(40(36,37)6-2)27-15-13-25-14-17-31-30(32(35)29(25)19-27)18-26(20-33-31)24-10-8-7-9-11-24/h6-20H,2,5,21-22H2,1,3-4H3/b23-12-,28-16+. The lowest BCUT2D eigenvalue weighted by molar-refractivity contribution is 0.225. The van der Waals surface area contributed by atoms with Crippen LogP contribution in [0.4, 0.5) is 5.69 Å². The van der Waals surface area contributed by atoms with Gasteiger partial charge in [0.15, 0.2) is 5.43 Å². The van der Waals surface area contributed by atoms with Crippen LogP contribution in [0.5, 0.6) is 0 Å². The maximum atomic E-state index is 13.9. The zero-order valence-corrected chi connectivity index (χ0v) is 23.6. The van der Waals surface area contributed by atoms with Crippen LogP contribution in [-0.2, 0) is 19.5 Å². The Hall–Kier alpha value is -4.27. The number of sulfonamides is 1. The van der Waals surface area contributed by atoms with Gasteiger partial charge in [-0.2, -0.15) is 0 Å². The van der Waals surface area contributed by atoms with Crippen LogP contribution in [-0.4, -0.2) is 40.8 Å². The minimum atomic E-state index is -3.93. The Bertz CT molecular complexity index is 1760. The van der Waals surface area contributed by atoms with E-state index in [2.05, 4.69) is 11.6 Å². The number of anilines is 1. The van der Waals surface area contributed by atoms with E-state index in [1.54, 1.807) is 56.8 Å². The van der Waals surface area contributed by atoms with Crippen molar-refractivity contribution in [1.82, 2.24) is 4.98 Å².